The van der Waals surface area contributed by atoms with E-state index in [1.807, 2.05) is 0 Å². The number of unbranched alkanes of at least 4 members (excludes halogenated alkanes) is 1. The Morgan fingerprint density at radius 2 is 2.19 bits per heavy atom. The Hall–Kier alpha value is -2.87. The van der Waals surface area contributed by atoms with Crippen LogP contribution in [0.3, 0.4) is 0 Å². The molecule has 1 aromatic carbocycles. The van der Waals surface area contributed by atoms with Crippen LogP contribution < -0.4 is 20.2 Å². The van der Waals surface area contributed by atoms with Crippen LogP contribution in [0.4, 0.5) is 0 Å². The minimum absolute atomic E-state index is 0.117. The smallest absolute Gasteiger partial charge is 0.379 e. The standard InChI is InChI=1S/C18H21N3O4S/c1-3-4-9-19-18(26)21-20-12-13-7-8-14(16(11-13)23-2)25-17(22)15-6-5-10-24-15/h5-8,10-12H,3-4,9H2,1-2H3,(H2,19,21,26)/b20-12-. The van der Waals surface area contributed by atoms with Crippen LogP contribution in [0.25, 0.3) is 0 Å². The van der Waals surface area contributed by atoms with Crippen LogP contribution in [0, 0.1) is 0 Å². The molecule has 0 saturated heterocycles. The number of furan rings is 1. The van der Waals surface area contributed by atoms with E-state index in [0.29, 0.717) is 10.9 Å². The summed E-state index contributed by atoms with van der Waals surface area (Å²) in [7, 11) is 1.49. The third kappa shape index (κ3) is 5.89. The third-order valence-electron chi connectivity index (χ3n) is 3.31. The normalized spacial score (nSPS) is 10.5. The molecule has 0 radical (unpaired) electrons. The molecule has 2 rings (SSSR count). The van der Waals surface area contributed by atoms with E-state index in [4.69, 9.17) is 26.1 Å². The summed E-state index contributed by atoms with van der Waals surface area (Å²) >= 11 is 5.11. The van der Waals surface area contributed by atoms with E-state index in [9.17, 15) is 4.79 Å². The van der Waals surface area contributed by atoms with Crippen molar-refractivity contribution in [2.45, 2.75) is 19.8 Å². The van der Waals surface area contributed by atoms with Gasteiger partial charge in [0, 0.05) is 6.54 Å². The first-order valence-corrected chi connectivity index (χ1v) is 8.55. The first-order chi connectivity index (χ1) is 12.6. The van der Waals surface area contributed by atoms with Crippen LogP contribution in [0.1, 0.15) is 35.9 Å². The summed E-state index contributed by atoms with van der Waals surface area (Å²) in [6, 6.07) is 8.20. The van der Waals surface area contributed by atoms with E-state index in [1.54, 1.807) is 30.5 Å². The van der Waals surface area contributed by atoms with Crippen molar-refractivity contribution in [1.82, 2.24) is 10.7 Å². The summed E-state index contributed by atoms with van der Waals surface area (Å²) in [5.41, 5.74) is 3.50. The predicted molar refractivity (Wildman–Crippen MR) is 103 cm³/mol. The maximum absolute atomic E-state index is 12.0. The van der Waals surface area contributed by atoms with Crippen LogP contribution >= 0.6 is 12.2 Å². The number of benzene rings is 1. The molecule has 0 spiro atoms. The molecule has 0 amide bonds. The van der Waals surface area contributed by atoms with Gasteiger partial charge in [-0.15, -0.1) is 0 Å². The Morgan fingerprint density at radius 1 is 1.35 bits per heavy atom. The number of nitrogens with zero attached hydrogens (tertiary/aromatic N) is 1. The molecule has 1 aromatic heterocycles. The van der Waals surface area contributed by atoms with E-state index in [0.717, 1.165) is 24.9 Å². The first kappa shape index (κ1) is 19.5. The molecule has 0 aliphatic rings. The maximum atomic E-state index is 12.0. The van der Waals surface area contributed by atoms with Gasteiger partial charge in [0.05, 0.1) is 19.6 Å². The molecule has 0 unspecified atom stereocenters. The van der Waals surface area contributed by atoms with Crippen LogP contribution in [-0.2, 0) is 0 Å². The van der Waals surface area contributed by atoms with Crippen molar-refractivity contribution in [2.75, 3.05) is 13.7 Å². The molecule has 0 aliphatic heterocycles. The fraction of sp³-hybridized carbons (Fsp3) is 0.278. The van der Waals surface area contributed by atoms with Crippen molar-refractivity contribution in [1.29, 1.82) is 0 Å². The number of carbonyl (C=O) groups is 1. The first-order valence-electron chi connectivity index (χ1n) is 8.14. The Bertz CT molecular complexity index is 760. The van der Waals surface area contributed by atoms with Gasteiger partial charge in [0.25, 0.3) is 0 Å². The van der Waals surface area contributed by atoms with Gasteiger partial charge in [-0.25, -0.2) is 4.79 Å². The predicted octanol–water partition coefficient (Wildman–Crippen LogP) is 3.11. The van der Waals surface area contributed by atoms with Gasteiger partial charge < -0.3 is 19.2 Å². The van der Waals surface area contributed by atoms with Crippen molar-refractivity contribution in [3.63, 3.8) is 0 Å². The van der Waals surface area contributed by atoms with Gasteiger partial charge in [0.1, 0.15) is 0 Å². The minimum Gasteiger partial charge on any atom is -0.493 e. The van der Waals surface area contributed by atoms with E-state index >= 15 is 0 Å². The van der Waals surface area contributed by atoms with Crippen molar-refractivity contribution in [3.05, 3.63) is 47.9 Å². The lowest BCUT2D eigenvalue weighted by Crippen LogP contribution is -2.32. The number of hydrogen-bond acceptors (Lipinski definition) is 6. The van der Waals surface area contributed by atoms with Crippen LogP contribution in [0.2, 0.25) is 0 Å². The molecule has 1 heterocycles. The summed E-state index contributed by atoms with van der Waals surface area (Å²) in [5.74, 6) is 0.208. The SMILES string of the molecule is CCCCNC(=S)N/N=C\c1ccc(OC(=O)c2ccco2)c(OC)c1. The van der Waals surface area contributed by atoms with Gasteiger partial charge in [-0.05, 0) is 54.5 Å². The molecular formula is C18H21N3O4S. The summed E-state index contributed by atoms with van der Waals surface area (Å²) in [5, 5.41) is 7.59. The van der Waals surface area contributed by atoms with Crippen LogP contribution in [0.15, 0.2) is 46.1 Å². The topological polar surface area (TPSA) is 85.1 Å². The average molecular weight is 375 g/mol. The minimum atomic E-state index is -0.597. The molecule has 26 heavy (non-hydrogen) atoms. The van der Waals surface area contributed by atoms with Crippen molar-refractivity contribution in [2.24, 2.45) is 5.10 Å². The second-order valence-electron chi connectivity index (χ2n) is 5.26. The number of esters is 1. The molecule has 0 bridgehead atoms. The largest absolute Gasteiger partial charge is 0.493 e. The molecule has 2 N–H and O–H groups in total. The maximum Gasteiger partial charge on any atom is 0.379 e. The number of nitrogens with one attached hydrogen (secondary N) is 2. The summed E-state index contributed by atoms with van der Waals surface area (Å²) in [4.78, 5) is 12.0. The molecule has 8 heteroatoms. The zero-order valence-corrected chi connectivity index (χ0v) is 15.5. The third-order valence-corrected chi connectivity index (χ3v) is 3.54. The van der Waals surface area contributed by atoms with Gasteiger partial charge in [-0.3, -0.25) is 5.43 Å². The highest BCUT2D eigenvalue weighted by atomic mass is 32.1. The molecular weight excluding hydrogens is 354 g/mol. The zero-order chi connectivity index (χ0) is 18.8. The van der Waals surface area contributed by atoms with E-state index in [1.165, 1.54) is 19.4 Å². The zero-order valence-electron chi connectivity index (χ0n) is 14.7. The van der Waals surface area contributed by atoms with Crippen LogP contribution in [0.5, 0.6) is 11.5 Å². The Morgan fingerprint density at radius 3 is 2.88 bits per heavy atom. The van der Waals surface area contributed by atoms with Crippen molar-refractivity contribution < 1.29 is 18.7 Å². The van der Waals surface area contributed by atoms with Crippen molar-refractivity contribution in [3.8, 4) is 11.5 Å². The Balaban J connectivity index is 1.96. The lowest BCUT2D eigenvalue weighted by atomic mass is 10.2. The molecule has 0 fully saturated rings. The van der Waals surface area contributed by atoms with Crippen molar-refractivity contribution >= 4 is 29.5 Å². The monoisotopic (exact) mass is 375 g/mol. The van der Waals surface area contributed by atoms with Gasteiger partial charge in [0.15, 0.2) is 16.6 Å². The second kappa shape index (κ2) is 10.2. The second-order valence-corrected chi connectivity index (χ2v) is 5.66. The lowest BCUT2D eigenvalue weighted by molar-refractivity contribution is 0.0696. The Labute approximate surface area is 157 Å². The van der Waals surface area contributed by atoms with Gasteiger partial charge in [-0.1, -0.05) is 13.3 Å². The number of methoxy groups -OCH3 is 1. The average Bonchev–Trinajstić information content (AvgIpc) is 3.18. The fourth-order valence-electron chi connectivity index (χ4n) is 1.98. The molecule has 0 saturated carbocycles. The number of thiocarbonyl (C=S) groups is 1. The molecule has 0 atom stereocenters. The molecule has 0 aliphatic carbocycles. The summed E-state index contributed by atoms with van der Waals surface area (Å²) in [6.07, 6.45) is 5.13. The number of hydrogen-bond donors (Lipinski definition) is 2. The van der Waals surface area contributed by atoms with Gasteiger partial charge in [-0.2, -0.15) is 5.10 Å². The van der Waals surface area contributed by atoms with E-state index in [2.05, 4.69) is 22.8 Å². The number of ether oxygens (including phenoxy) is 2. The van der Waals surface area contributed by atoms with E-state index in [-0.39, 0.29) is 11.5 Å². The molecule has 2 aromatic rings. The highest BCUT2D eigenvalue weighted by Crippen LogP contribution is 2.28. The quantitative estimate of drug-likeness (QED) is 0.183. The molecule has 138 valence electrons. The van der Waals surface area contributed by atoms with Gasteiger partial charge >= 0.3 is 5.97 Å². The Kier molecular flexibility index (Phi) is 7.63. The number of rotatable bonds is 8. The van der Waals surface area contributed by atoms with Crippen LogP contribution in [-0.4, -0.2) is 31.0 Å². The summed E-state index contributed by atoms with van der Waals surface area (Å²) in [6.45, 7) is 2.92. The highest BCUT2D eigenvalue weighted by molar-refractivity contribution is 7.80. The number of carbonyl (C=O) groups excluding carboxylic acids is 1. The fourth-order valence-corrected chi connectivity index (χ4v) is 2.13. The van der Waals surface area contributed by atoms with Gasteiger partial charge in [0.2, 0.25) is 5.76 Å². The van der Waals surface area contributed by atoms with E-state index < -0.39 is 5.97 Å². The number of hydrazone groups is 1. The molecule has 7 nitrogen and oxygen atoms in total. The highest BCUT2D eigenvalue weighted by Gasteiger charge is 2.14. The summed E-state index contributed by atoms with van der Waals surface area (Å²) < 4.78 is 15.6. The lowest BCUT2D eigenvalue weighted by Gasteiger charge is -2.09.